The van der Waals surface area contributed by atoms with Crippen LogP contribution in [0, 0.1) is 27.7 Å². The van der Waals surface area contributed by atoms with Crippen LogP contribution in [0.4, 0.5) is 5.69 Å². The molecule has 0 bridgehead atoms. The van der Waals surface area contributed by atoms with Gasteiger partial charge in [-0.15, -0.1) is 0 Å². The third kappa shape index (κ3) is 3.72. The molecule has 3 rings (SSSR count). The predicted octanol–water partition coefficient (Wildman–Crippen LogP) is 4.05. The second kappa shape index (κ2) is 7.21. The number of nitrogens with one attached hydrogen (secondary N) is 1. The molecule has 0 aliphatic rings. The number of nitrogens with zero attached hydrogens (tertiary/aromatic N) is 3. The van der Waals surface area contributed by atoms with Crippen LogP contribution in [0.15, 0.2) is 28.9 Å². The number of hydrogen-bond acceptors (Lipinski definition) is 5. The van der Waals surface area contributed by atoms with Crippen LogP contribution in [-0.4, -0.2) is 20.8 Å². The Morgan fingerprint density at radius 2 is 1.96 bits per heavy atom. The molecule has 8 heteroatoms. The van der Waals surface area contributed by atoms with E-state index in [9.17, 15) is 4.79 Å². The second-order valence-electron chi connectivity index (χ2n) is 6.04. The summed E-state index contributed by atoms with van der Waals surface area (Å²) in [6.45, 7) is 7.52. The normalized spacial score (nSPS) is 10.8. The summed E-state index contributed by atoms with van der Waals surface area (Å²) in [7, 11) is 0. The Balaban J connectivity index is 1.65. The Hall–Kier alpha value is -2.80. The summed E-state index contributed by atoms with van der Waals surface area (Å²) < 4.78 is 12.3. The third-order valence-electron chi connectivity index (χ3n) is 3.92. The highest BCUT2D eigenvalue weighted by Crippen LogP contribution is 2.26. The van der Waals surface area contributed by atoms with Gasteiger partial charge in [-0.25, -0.2) is 4.68 Å². The monoisotopic (exact) mass is 374 g/mol. The SMILES string of the molecule is Cc1cc(OCn2ccc(C(=O)Nc3c(C)noc3C)n2)cc(C)c1Cl. The zero-order chi connectivity index (χ0) is 18.8. The van der Waals surface area contributed by atoms with Crippen molar-refractivity contribution < 1.29 is 14.1 Å². The highest BCUT2D eigenvalue weighted by Gasteiger charge is 2.16. The van der Waals surface area contributed by atoms with Crippen LogP contribution in [0.25, 0.3) is 0 Å². The maximum absolute atomic E-state index is 12.3. The lowest BCUT2D eigenvalue weighted by Gasteiger charge is -2.10. The van der Waals surface area contributed by atoms with Crippen molar-refractivity contribution in [2.24, 2.45) is 0 Å². The standard InChI is InChI=1S/C18H19ClN4O3/c1-10-7-14(8-11(2)16(10)19)25-9-23-6-5-15(21-23)18(24)20-17-12(3)22-26-13(17)4/h5-8H,9H2,1-4H3,(H,20,24). The number of rotatable bonds is 5. The Bertz CT molecular complexity index is 919. The molecule has 2 heterocycles. The molecule has 7 nitrogen and oxygen atoms in total. The van der Waals surface area contributed by atoms with Crippen molar-refractivity contribution in [2.45, 2.75) is 34.4 Å². The van der Waals surface area contributed by atoms with E-state index in [4.69, 9.17) is 20.9 Å². The van der Waals surface area contributed by atoms with Gasteiger partial charge in [0.2, 0.25) is 0 Å². The number of aryl methyl sites for hydroxylation is 4. The number of ether oxygens (including phenoxy) is 1. The van der Waals surface area contributed by atoms with Crippen LogP contribution in [0.3, 0.4) is 0 Å². The van der Waals surface area contributed by atoms with Crippen molar-refractivity contribution in [3.8, 4) is 5.75 Å². The molecule has 0 aliphatic carbocycles. The average Bonchev–Trinajstić information content (AvgIpc) is 3.20. The summed E-state index contributed by atoms with van der Waals surface area (Å²) in [4.78, 5) is 12.3. The number of carbonyl (C=O) groups is 1. The molecular weight excluding hydrogens is 356 g/mol. The van der Waals surface area contributed by atoms with Gasteiger partial charge >= 0.3 is 0 Å². The van der Waals surface area contributed by atoms with Crippen LogP contribution in [0.5, 0.6) is 5.75 Å². The van der Waals surface area contributed by atoms with Crippen molar-refractivity contribution in [2.75, 3.05) is 5.32 Å². The van der Waals surface area contributed by atoms with Gasteiger partial charge in [0.15, 0.2) is 18.2 Å². The molecule has 3 aromatic rings. The van der Waals surface area contributed by atoms with E-state index < -0.39 is 0 Å². The molecule has 2 aromatic heterocycles. The zero-order valence-corrected chi connectivity index (χ0v) is 15.7. The van der Waals surface area contributed by atoms with E-state index >= 15 is 0 Å². The fourth-order valence-electron chi connectivity index (χ4n) is 2.52. The molecule has 26 heavy (non-hydrogen) atoms. The minimum Gasteiger partial charge on any atom is -0.471 e. The molecule has 1 aromatic carbocycles. The lowest BCUT2D eigenvalue weighted by Crippen LogP contribution is -2.15. The van der Waals surface area contributed by atoms with Gasteiger partial charge < -0.3 is 14.6 Å². The summed E-state index contributed by atoms with van der Waals surface area (Å²) in [5.41, 5.74) is 3.35. The molecule has 0 fully saturated rings. The lowest BCUT2D eigenvalue weighted by atomic mass is 10.1. The van der Waals surface area contributed by atoms with Gasteiger partial charge in [-0.1, -0.05) is 16.8 Å². The Labute approximate surface area is 155 Å². The van der Waals surface area contributed by atoms with Crippen molar-refractivity contribution in [1.29, 1.82) is 0 Å². The smallest absolute Gasteiger partial charge is 0.276 e. The van der Waals surface area contributed by atoms with E-state index in [1.165, 1.54) is 0 Å². The van der Waals surface area contributed by atoms with Gasteiger partial charge in [0.25, 0.3) is 5.91 Å². The van der Waals surface area contributed by atoms with Crippen LogP contribution in [0.1, 0.15) is 33.1 Å². The van der Waals surface area contributed by atoms with E-state index in [1.54, 1.807) is 30.8 Å². The van der Waals surface area contributed by atoms with E-state index in [1.807, 2.05) is 26.0 Å². The number of carbonyl (C=O) groups excluding carboxylic acids is 1. The number of benzene rings is 1. The first-order chi connectivity index (χ1) is 12.3. The summed E-state index contributed by atoms with van der Waals surface area (Å²) in [5.74, 6) is 0.907. The van der Waals surface area contributed by atoms with Crippen LogP contribution >= 0.6 is 11.6 Å². The average molecular weight is 375 g/mol. The molecule has 0 atom stereocenters. The van der Waals surface area contributed by atoms with E-state index in [0.29, 0.717) is 22.9 Å². The first-order valence-corrected chi connectivity index (χ1v) is 8.40. The van der Waals surface area contributed by atoms with Crippen LogP contribution < -0.4 is 10.1 Å². The van der Waals surface area contributed by atoms with Crippen LogP contribution in [0.2, 0.25) is 5.02 Å². The minimum absolute atomic E-state index is 0.180. The number of amides is 1. The molecule has 0 aliphatic heterocycles. The maximum Gasteiger partial charge on any atom is 0.276 e. The predicted molar refractivity (Wildman–Crippen MR) is 97.7 cm³/mol. The molecule has 0 unspecified atom stereocenters. The molecule has 136 valence electrons. The summed E-state index contributed by atoms with van der Waals surface area (Å²) in [6, 6.07) is 5.35. The number of aromatic nitrogens is 3. The quantitative estimate of drug-likeness (QED) is 0.728. The molecule has 0 saturated heterocycles. The molecule has 0 radical (unpaired) electrons. The fraction of sp³-hybridized carbons (Fsp3) is 0.278. The van der Waals surface area contributed by atoms with E-state index in [-0.39, 0.29) is 18.3 Å². The van der Waals surface area contributed by atoms with Crippen LogP contribution in [-0.2, 0) is 6.73 Å². The van der Waals surface area contributed by atoms with Gasteiger partial charge in [0.05, 0.1) is 0 Å². The number of anilines is 1. The highest BCUT2D eigenvalue weighted by molar-refractivity contribution is 6.32. The summed E-state index contributed by atoms with van der Waals surface area (Å²) in [5, 5.41) is 11.5. The van der Waals surface area contributed by atoms with E-state index in [0.717, 1.165) is 16.1 Å². The largest absolute Gasteiger partial charge is 0.471 e. The summed E-state index contributed by atoms with van der Waals surface area (Å²) in [6.07, 6.45) is 1.68. The third-order valence-corrected chi connectivity index (χ3v) is 4.51. The zero-order valence-electron chi connectivity index (χ0n) is 15.0. The van der Waals surface area contributed by atoms with Crippen molar-refractivity contribution in [3.63, 3.8) is 0 Å². The van der Waals surface area contributed by atoms with Crippen molar-refractivity contribution >= 4 is 23.2 Å². The van der Waals surface area contributed by atoms with Gasteiger partial charge in [0, 0.05) is 11.2 Å². The van der Waals surface area contributed by atoms with Gasteiger partial charge in [-0.2, -0.15) is 5.10 Å². The first-order valence-electron chi connectivity index (χ1n) is 8.02. The maximum atomic E-state index is 12.3. The Morgan fingerprint density at radius 3 is 2.58 bits per heavy atom. The van der Waals surface area contributed by atoms with Gasteiger partial charge in [0.1, 0.15) is 17.1 Å². The first kappa shape index (κ1) is 18.0. The molecule has 1 N–H and O–H groups in total. The number of halogens is 1. The van der Waals surface area contributed by atoms with Crippen molar-refractivity contribution in [1.82, 2.24) is 14.9 Å². The number of hydrogen-bond donors (Lipinski definition) is 1. The fourth-order valence-corrected chi connectivity index (χ4v) is 2.63. The Morgan fingerprint density at radius 1 is 1.27 bits per heavy atom. The summed E-state index contributed by atoms with van der Waals surface area (Å²) >= 11 is 6.16. The topological polar surface area (TPSA) is 82.2 Å². The molecule has 0 saturated carbocycles. The molecule has 1 amide bonds. The Kier molecular flexibility index (Phi) is 4.99. The lowest BCUT2D eigenvalue weighted by molar-refractivity contribution is 0.102. The second-order valence-corrected chi connectivity index (χ2v) is 6.42. The molecular formula is C18H19ClN4O3. The van der Waals surface area contributed by atoms with Gasteiger partial charge in [-0.05, 0) is 57.0 Å². The van der Waals surface area contributed by atoms with E-state index in [2.05, 4.69) is 15.6 Å². The highest BCUT2D eigenvalue weighted by atomic mass is 35.5. The van der Waals surface area contributed by atoms with Crippen molar-refractivity contribution in [3.05, 3.63) is 57.7 Å². The minimum atomic E-state index is -0.337. The molecule has 0 spiro atoms. The van der Waals surface area contributed by atoms with Gasteiger partial charge in [-0.3, -0.25) is 4.79 Å².